The molecule has 102 valence electrons. The van der Waals surface area contributed by atoms with Crippen molar-refractivity contribution >= 4 is 15.9 Å². The van der Waals surface area contributed by atoms with Crippen molar-refractivity contribution in [2.45, 2.75) is 51.6 Å². The van der Waals surface area contributed by atoms with Gasteiger partial charge < -0.3 is 5.11 Å². The predicted molar refractivity (Wildman–Crippen MR) is 79.6 cm³/mol. The Labute approximate surface area is 123 Å². The highest BCUT2D eigenvalue weighted by Gasteiger charge is 2.39. The lowest BCUT2D eigenvalue weighted by Crippen LogP contribution is -2.27. The lowest BCUT2D eigenvalue weighted by atomic mass is 9.74. The van der Waals surface area contributed by atoms with E-state index in [0.29, 0.717) is 0 Å². The third-order valence-corrected chi connectivity index (χ3v) is 5.13. The second kappa shape index (κ2) is 6.07. The smallest absolute Gasteiger partial charge is 0.0976 e. The summed E-state index contributed by atoms with van der Waals surface area (Å²) in [7, 11) is 0. The van der Waals surface area contributed by atoms with Gasteiger partial charge in [0.05, 0.1) is 17.6 Å². The third-order valence-electron chi connectivity index (χ3n) is 4.24. The predicted octanol–water partition coefficient (Wildman–Crippen LogP) is 4.66. The summed E-state index contributed by atoms with van der Waals surface area (Å²) in [5.74, 6) is 0. The van der Waals surface area contributed by atoms with Crippen molar-refractivity contribution in [1.82, 2.24) is 0 Å². The van der Waals surface area contributed by atoms with Crippen LogP contribution in [-0.2, 0) is 0 Å². The van der Waals surface area contributed by atoms with Gasteiger partial charge in [-0.15, -0.1) is 0 Å². The highest BCUT2D eigenvalue weighted by atomic mass is 79.9. The molecule has 0 amide bonds. The van der Waals surface area contributed by atoms with Crippen molar-refractivity contribution < 1.29 is 5.11 Å². The molecule has 0 spiro atoms. The average molecular weight is 322 g/mol. The molecular weight excluding hydrogens is 302 g/mol. The minimum Gasteiger partial charge on any atom is -0.387 e. The number of halogens is 1. The molecule has 1 aliphatic carbocycles. The van der Waals surface area contributed by atoms with E-state index in [1.807, 2.05) is 25.1 Å². The molecule has 1 N–H and O–H groups in total. The first-order valence-corrected chi connectivity index (χ1v) is 7.74. The van der Waals surface area contributed by atoms with E-state index in [4.69, 9.17) is 0 Å². The van der Waals surface area contributed by atoms with Crippen LogP contribution in [0.15, 0.2) is 22.7 Å². The molecule has 0 aliphatic heterocycles. The first-order chi connectivity index (χ1) is 9.09. The van der Waals surface area contributed by atoms with Crippen molar-refractivity contribution in [2.24, 2.45) is 5.41 Å². The second-order valence-corrected chi connectivity index (χ2v) is 6.45. The molecule has 1 fully saturated rings. The molecule has 1 unspecified atom stereocenters. The van der Waals surface area contributed by atoms with Gasteiger partial charge in [0, 0.05) is 4.47 Å². The van der Waals surface area contributed by atoms with Gasteiger partial charge in [0.2, 0.25) is 0 Å². The van der Waals surface area contributed by atoms with Gasteiger partial charge in [-0.2, -0.15) is 5.26 Å². The van der Waals surface area contributed by atoms with Crippen LogP contribution in [0.4, 0.5) is 0 Å². The summed E-state index contributed by atoms with van der Waals surface area (Å²) in [4.78, 5) is 0. The molecule has 1 aliphatic rings. The quantitative estimate of drug-likeness (QED) is 0.805. The number of hydrogen-bond donors (Lipinski definition) is 1. The van der Waals surface area contributed by atoms with E-state index in [9.17, 15) is 10.4 Å². The number of nitrogens with zero attached hydrogens (tertiary/aromatic N) is 1. The Bertz CT molecular complexity index is 484. The normalized spacial score (nSPS) is 20.3. The lowest BCUT2D eigenvalue weighted by molar-refractivity contribution is 0.0516. The zero-order valence-corrected chi connectivity index (χ0v) is 12.9. The number of rotatable bonds is 2. The van der Waals surface area contributed by atoms with E-state index < -0.39 is 11.5 Å². The van der Waals surface area contributed by atoms with Crippen LogP contribution >= 0.6 is 15.9 Å². The largest absolute Gasteiger partial charge is 0.387 e. The van der Waals surface area contributed by atoms with E-state index in [1.165, 1.54) is 12.8 Å². The summed E-state index contributed by atoms with van der Waals surface area (Å²) < 4.78 is 1.04. The molecule has 0 radical (unpaired) electrons. The summed E-state index contributed by atoms with van der Waals surface area (Å²) in [5, 5.41) is 20.3. The van der Waals surface area contributed by atoms with Gasteiger partial charge in [-0.3, -0.25) is 0 Å². The molecule has 3 heteroatoms. The zero-order valence-electron chi connectivity index (χ0n) is 11.3. The fourth-order valence-corrected chi connectivity index (χ4v) is 3.21. The molecule has 0 bridgehead atoms. The van der Waals surface area contributed by atoms with Crippen molar-refractivity contribution in [2.75, 3.05) is 0 Å². The highest BCUT2D eigenvalue weighted by molar-refractivity contribution is 9.10. The Morgan fingerprint density at radius 3 is 2.42 bits per heavy atom. The van der Waals surface area contributed by atoms with Crippen molar-refractivity contribution in [3.8, 4) is 6.07 Å². The Morgan fingerprint density at radius 2 is 1.89 bits per heavy atom. The highest BCUT2D eigenvalue weighted by Crippen LogP contribution is 2.44. The SMILES string of the molecule is Cc1cc(C(O)C2(C#N)CCCCCC2)ccc1Br. The van der Waals surface area contributed by atoms with Crippen LogP contribution in [0.3, 0.4) is 0 Å². The minimum absolute atomic E-state index is 0.600. The average Bonchev–Trinajstić information content (AvgIpc) is 2.67. The lowest BCUT2D eigenvalue weighted by Gasteiger charge is -2.31. The maximum Gasteiger partial charge on any atom is 0.0976 e. The molecule has 2 rings (SSSR count). The fraction of sp³-hybridized carbons (Fsp3) is 0.562. The summed E-state index contributed by atoms with van der Waals surface area (Å²) in [5.41, 5.74) is 1.36. The van der Waals surface area contributed by atoms with Crippen molar-refractivity contribution in [3.05, 3.63) is 33.8 Å². The summed E-state index contributed by atoms with van der Waals surface area (Å²) in [6, 6.07) is 8.29. The molecule has 1 aromatic rings. The topological polar surface area (TPSA) is 44.0 Å². The number of aliphatic hydroxyl groups excluding tert-OH is 1. The maximum atomic E-state index is 10.7. The first kappa shape index (κ1) is 14.6. The molecular formula is C16H20BrNO. The molecule has 1 saturated carbocycles. The molecule has 0 saturated heterocycles. The van der Waals surface area contributed by atoms with Gasteiger partial charge in [-0.1, -0.05) is 53.7 Å². The second-order valence-electron chi connectivity index (χ2n) is 5.59. The number of aliphatic hydroxyl groups is 1. The van der Waals surface area contributed by atoms with E-state index in [1.54, 1.807) is 0 Å². The van der Waals surface area contributed by atoms with Crippen molar-refractivity contribution in [1.29, 1.82) is 5.26 Å². The van der Waals surface area contributed by atoms with Gasteiger partial charge in [-0.25, -0.2) is 0 Å². The van der Waals surface area contributed by atoms with E-state index in [0.717, 1.165) is 41.3 Å². The summed E-state index contributed by atoms with van der Waals surface area (Å²) >= 11 is 3.47. The molecule has 2 nitrogen and oxygen atoms in total. The van der Waals surface area contributed by atoms with Gasteiger partial charge in [0.25, 0.3) is 0 Å². The van der Waals surface area contributed by atoms with Crippen LogP contribution < -0.4 is 0 Å². The molecule has 19 heavy (non-hydrogen) atoms. The first-order valence-electron chi connectivity index (χ1n) is 6.94. The summed E-state index contributed by atoms with van der Waals surface area (Å²) in [6.07, 6.45) is 5.37. The van der Waals surface area contributed by atoms with Gasteiger partial charge in [0.15, 0.2) is 0 Å². The van der Waals surface area contributed by atoms with Crippen LogP contribution in [0.25, 0.3) is 0 Å². The Morgan fingerprint density at radius 1 is 1.26 bits per heavy atom. The van der Waals surface area contributed by atoms with E-state index >= 15 is 0 Å². The number of hydrogen-bond acceptors (Lipinski definition) is 2. The van der Waals surface area contributed by atoms with Gasteiger partial charge in [-0.05, 0) is 37.0 Å². The molecule has 0 heterocycles. The Balaban J connectivity index is 2.31. The maximum absolute atomic E-state index is 10.7. The number of aryl methyl sites for hydroxylation is 1. The standard InChI is InChI=1S/C16H20BrNO/c1-12-10-13(6-7-14(12)17)15(19)16(11-18)8-4-2-3-5-9-16/h6-7,10,15,19H,2-5,8-9H2,1H3. The van der Waals surface area contributed by atoms with Crippen LogP contribution in [-0.4, -0.2) is 5.11 Å². The number of benzene rings is 1. The van der Waals surface area contributed by atoms with Gasteiger partial charge >= 0.3 is 0 Å². The van der Waals surface area contributed by atoms with Crippen LogP contribution in [0.2, 0.25) is 0 Å². The number of nitriles is 1. The monoisotopic (exact) mass is 321 g/mol. The van der Waals surface area contributed by atoms with Crippen LogP contribution in [0.1, 0.15) is 55.8 Å². The zero-order chi connectivity index (χ0) is 13.9. The Hall–Kier alpha value is -0.850. The fourth-order valence-electron chi connectivity index (χ4n) is 2.96. The van der Waals surface area contributed by atoms with Crippen LogP contribution in [0.5, 0.6) is 0 Å². The summed E-state index contributed by atoms with van der Waals surface area (Å²) in [6.45, 7) is 2.01. The minimum atomic E-state index is -0.678. The van der Waals surface area contributed by atoms with Gasteiger partial charge in [0.1, 0.15) is 0 Å². The molecule has 0 aromatic heterocycles. The Kier molecular flexibility index (Phi) is 4.65. The van der Waals surface area contributed by atoms with E-state index in [-0.39, 0.29) is 0 Å². The molecule has 1 atom stereocenters. The van der Waals surface area contributed by atoms with Crippen molar-refractivity contribution in [3.63, 3.8) is 0 Å². The van der Waals surface area contributed by atoms with Crippen LogP contribution in [0, 0.1) is 23.7 Å². The molecule has 1 aromatic carbocycles. The third kappa shape index (κ3) is 3.01. The van der Waals surface area contributed by atoms with E-state index in [2.05, 4.69) is 22.0 Å².